The number of benzene rings is 1. The smallest absolute Gasteiger partial charge is 0.225 e. The highest BCUT2D eigenvalue weighted by Crippen LogP contribution is 2.24. The summed E-state index contributed by atoms with van der Waals surface area (Å²) in [6, 6.07) is 12.6. The van der Waals surface area contributed by atoms with E-state index in [1.54, 1.807) is 10.8 Å². The minimum absolute atomic E-state index is 0.250. The van der Waals surface area contributed by atoms with Crippen LogP contribution in [0.5, 0.6) is 11.6 Å². The van der Waals surface area contributed by atoms with Crippen molar-refractivity contribution in [3.63, 3.8) is 0 Å². The molecule has 0 radical (unpaired) electrons. The number of hydrogen-bond acceptors (Lipinski definition) is 6. The topological polar surface area (TPSA) is 93.6 Å². The first kappa shape index (κ1) is 19.4. The van der Waals surface area contributed by atoms with Gasteiger partial charge in [0.05, 0.1) is 12.8 Å². The summed E-state index contributed by atoms with van der Waals surface area (Å²) in [5.41, 5.74) is 8.01. The highest BCUT2D eigenvalue weighted by Gasteiger charge is 2.07. The van der Waals surface area contributed by atoms with Gasteiger partial charge in [0.15, 0.2) is 5.75 Å². The molecule has 7 nitrogen and oxygen atoms in total. The maximum absolute atomic E-state index is 11.5. The number of anilines is 1. The van der Waals surface area contributed by atoms with Crippen molar-refractivity contribution in [2.75, 3.05) is 33.0 Å². The molecule has 0 saturated heterocycles. The third-order valence-corrected chi connectivity index (χ3v) is 4.25. The van der Waals surface area contributed by atoms with E-state index >= 15 is 0 Å². The minimum Gasteiger partial charge on any atom is -0.503 e. The Morgan fingerprint density at radius 3 is 2.71 bits per heavy atom. The van der Waals surface area contributed by atoms with Crippen LogP contribution in [0.25, 0.3) is 16.8 Å². The van der Waals surface area contributed by atoms with Crippen LogP contribution in [-0.4, -0.2) is 46.8 Å². The molecule has 0 aliphatic heterocycles. The first-order chi connectivity index (χ1) is 13.4. The van der Waals surface area contributed by atoms with Crippen molar-refractivity contribution in [3.05, 3.63) is 65.1 Å². The van der Waals surface area contributed by atoms with E-state index < -0.39 is 5.43 Å². The average Bonchev–Trinajstić information content (AvgIpc) is 2.68. The van der Waals surface area contributed by atoms with Gasteiger partial charge in [0.2, 0.25) is 11.3 Å². The standard InChI is InChI=1S/C21H24N4O3/c1-24(2)9-4-10-28-21-8-7-16(13-23-21)15-5-3-6-17(11-15)25-14-19(27)18(26)12-20(25)22/h3,5-8,11-14,27H,4,9-10,22H2,1-2H3. The van der Waals surface area contributed by atoms with Gasteiger partial charge in [0.1, 0.15) is 5.82 Å². The van der Waals surface area contributed by atoms with E-state index in [1.165, 1.54) is 12.3 Å². The van der Waals surface area contributed by atoms with Crippen LogP contribution in [0, 0.1) is 0 Å². The molecule has 0 aliphatic rings. The molecule has 3 rings (SSSR count). The lowest BCUT2D eigenvalue weighted by molar-refractivity contribution is 0.273. The number of nitrogen functional groups attached to an aromatic ring is 1. The number of ether oxygens (including phenoxy) is 1. The zero-order valence-electron chi connectivity index (χ0n) is 16.0. The first-order valence-corrected chi connectivity index (χ1v) is 8.99. The Balaban J connectivity index is 1.77. The summed E-state index contributed by atoms with van der Waals surface area (Å²) < 4.78 is 7.23. The molecule has 0 atom stereocenters. The predicted octanol–water partition coefficient (Wildman–Crippen LogP) is 2.52. The van der Waals surface area contributed by atoms with Gasteiger partial charge in [-0.15, -0.1) is 0 Å². The van der Waals surface area contributed by atoms with Crippen LogP contribution in [0.1, 0.15) is 6.42 Å². The van der Waals surface area contributed by atoms with Crippen molar-refractivity contribution in [2.24, 2.45) is 0 Å². The monoisotopic (exact) mass is 380 g/mol. The van der Waals surface area contributed by atoms with Crippen molar-refractivity contribution in [2.45, 2.75) is 6.42 Å². The Labute approximate surface area is 163 Å². The van der Waals surface area contributed by atoms with Gasteiger partial charge in [-0.3, -0.25) is 9.36 Å². The molecule has 0 fully saturated rings. The normalized spacial score (nSPS) is 11.0. The molecule has 0 spiro atoms. The summed E-state index contributed by atoms with van der Waals surface area (Å²) in [5.74, 6) is 0.491. The summed E-state index contributed by atoms with van der Waals surface area (Å²) in [6.45, 7) is 1.59. The molecular formula is C21H24N4O3. The largest absolute Gasteiger partial charge is 0.503 e. The van der Waals surface area contributed by atoms with Crippen molar-refractivity contribution < 1.29 is 9.84 Å². The van der Waals surface area contributed by atoms with Crippen molar-refractivity contribution in [1.82, 2.24) is 14.5 Å². The molecule has 3 N–H and O–H groups in total. The number of aromatic hydroxyl groups is 1. The Morgan fingerprint density at radius 1 is 1.18 bits per heavy atom. The molecule has 0 aliphatic carbocycles. The van der Waals surface area contributed by atoms with E-state index in [4.69, 9.17) is 10.5 Å². The molecular weight excluding hydrogens is 356 g/mol. The summed E-state index contributed by atoms with van der Waals surface area (Å²) in [6.07, 6.45) is 4.01. The number of nitrogens with two attached hydrogens (primary N) is 1. The Morgan fingerprint density at radius 2 is 2.00 bits per heavy atom. The predicted molar refractivity (Wildman–Crippen MR) is 110 cm³/mol. The lowest BCUT2D eigenvalue weighted by Gasteiger charge is -2.12. The third-order valence-electron chi connectivity index (χ3n) is 4.25. The van der Waals surface area contributed by atoms with E-state index in [-0.39, 0.29) is 11.6 Å². The Hall–Kier alpha value is -3.32. The van der Waals surface area contributed by atoms with Gasteiger partial charge in [-0.25, -0.2) is 4.98 Å². The number of rotatable bonds is 7. The Kier molecular flexibility index (Phi) is 5.96. The second-order valence-corrected chi connectivity index (χ2v) is 6.76. The highest BCUT2D eigenvalue weighted by molar-refractivity contribution is 5.66. The Bertz CT molecular complexity index is 997. The maximum Gasteiger partial charge on any atom is 0.225 e. The number of aromatic nitrogens is 2. The SMILES string of the molecule is CN(C)CCCOc1ccc(-c2cccc(-n3cc(O)c(=O)cc3N)c2)cn1. The summed E-state index contributed by atoms with van der Waals surface area (Å²) >= 11 is 0. The molecule has 7 heteroatoms. The van der Waals surface area contributed by atoms with E-state index in [0.717, 1.165) is 29.8 Å². The van der Waals surface area contributed by atoms with Crippen LogP contribution < -0.4 is 15.9 Å². The lowest BCUT2D eigenvalue weighted by atomic mass is 10.1. The minimum atomic E-state index is -0.504. The van der Waals surface area contributed by atoms with Gasteiger partial charge < -0.3 is 20.5 Å². The van der Waals surface area contributed by atoms with E-state index in [1.807, 2.05) is 50.5 Å². The molecule has 146 valence electrons. The van der Waals surface area contributed by atoms with Gasteiger partial charge >= 0.3 is 0 Å². The molecule has 0 unspecified atom stereocenters. The second kappa shape index (κ2) is 8.58. The fourth-order valence-electron chi connectivity index (χ4n) is 2.79. The zero-order chi connectivity index (χ0) is 20.1. The third kappa shape index (κ3) is 4.69. The van der Waals surface area contributed by atoms with Crippen LogP contribution in [0.3, 0.4) is 0 Å². The second-order valence-electron chi connectivity index (χ2n) is 6.76. The maximum atomic E-state index is 11.5. The summed E-state index contributed by atoms with van der Waals surface area (Å²) in [5, 5.41) is 9.71. The molecule has 2 aromatic heterocycles. The average molecular weight is 380 g/mol. The number of pyridine rings is 2. The fraction of sp³-hybridized carbons (Fsp3) is 0.238. The summed E-state index contributed by atoms with van der Waals surface area (Å²) in [4.78, 5) is 18.0. The van der Waals surface area contributed by atoms with Crippen molar-refractivity contribution in [3.8, 4) is 28.4 Å². The lowest BCUT2D eigenvalue weighted by Crippen LogP contribution is -2.15. The number of nitrogens with zero attached hydrogens (tertiary/aromatic N) is 3. The molecule has 2 heterocycles. The fourth-order valence-corrected chi connectivity index (χ4v) is 2.79. The van der Waals surface area contributed by atoms with E-state index in [2.05, 4.69) is 9.88 Å². The van der Waals surface area contributed by atoms with Crippen LogP contribution in [0.4, 0.5) is 5.82 Å². The van der Waals surface area contributed by atoms with Crippen LogP contribution >= 0.6 is 0 Å². The van der Waals surface area contributed by atoms with Crippen LogP contribution in [0.2, 0.25) is 0 Å². The molecule has 0 saturated carbocycles. The zero-order valence-corrected chi connectivity index (χ0v) is 16.0. The van der Waals surface area contributed by atoms with Crippen molar-refractivity contribution >= 4 is 5.82 Å². The van der Waals surface area contributed by atoms with E-state index in [0.29, 0.717) is 12.5 Å². The van der Waals surface area contributed by atoms with Gasteiger partial charge in [-0.2, -0.15) is 0 Å². The number of hydrogen-bond donors (Lipinski definition) is 2. The summed E-state index contributed by atoms with van der Waals surface area (Å²) in [7, 11) is 4.06. The molecule has 3 aromatic rings. The van der Waals surface area contributed by atoms with Gasteiger partial charge in [-0.1, -0.05) is 12.1 Å². The van der Waals surface area contributed by atoms with Crippen molar-refractivity contribution in [1.29, 1.82) is 0 Å². The van der Waals surface area contributed by atoms with Gasteiger partial charge in [-0.05, 0) is 44.3 Å². The molecule has 0 amide bonds. The molecule has 1 aromatic carbocycles. The van der Waals surface area contributed by atoms with Gasteiger partial charge in [0, 0.05) is 36.1 Å². The first-order valence-electron chi connectivity index (χ1n) is 8.99. The highest BCUT2D eigenvalue weighted by atomic mass is 16.5. The molecule has 28 heavy (non-hydrogen) atoms. The van der Waals surface area contributed by atoms with Gasteiger partial charge in [0.25, 0.3) is 0 Å². The van der Waals surface area contributed by atoms with Crippen LogP contribution in [0.15, 0.2) is 59.7 Å². The van der Waals surface area contributed by atoms with Crippen LogP contribution in [-0.2, 0) is 0 Å². The molecule has 0 bridgehead atoms. The van der Waals surface area contributed by atoms with E-state index in [9.17, 15) is 9.90 Å². The quantitative estimate of drug-likeness (QED) is 0.612.